The molecule has 2 aromatic rings. The molecular weight excluding hydrogens is 349 g/mol. The van der Waals surface area contributed by atoms with E-state index < -0.39 is 6.03 Å². The number of halogens is 1. The van der Waals surface area contributed by atoms with Crippen molar-refractivity contribution in [2.45, 2.75) is 33.6 Å². The molecule has 0 radical (unpaired) electrons. The molecule has 0 fully saturated rings. The predicted octanol–water partition coefficient (Wildman–Crippen LogP) is 4.68. The summed E-state index contributed by atoms with van der Waals surface area (Å²) in [5.41, 5.74) is 5.29. The summed E-state index contributed by atoms with van der Waals surface area (Å²) >= 11 is 0. The summed E-state index contributed by atoms with van der Waals surface area (Å²) in [4.78, 5) is 11.8. The van der Waals surface area contributed by atoms with Gasteiger partial charge in [0.1, 0.15) is 5.82 Å². The van der Waals surface area contributed by atoms with E-state index in [0.29, 0.717) is 12.0 Å². The van der Waals surface area contributed by atoms with Gasteiger partial charge in [0.15, 0.2) is 0 Å². The molecular formula is C19H22FN5O2. The van der Waals surface area contributed by atoms with Crippen LogP contribution in [-0.2, 0) is 0 Å². The third-order valence-electron chi connectivity index (χ3n) is 3.40. The van der Waals surface area contributed by atoms with Crippen molar-refractivity contribution in [3.8, 4) is 11.5 Å². The first-order chi connectivity index (χ1) is 12.9. The van der Waals surface area contributed by atoms with Gasteiger partial charge in [-0.05, 0) is 51.5 Å². The standard InChI is InChI=1S/C19H22FN5O2/c1-13(2)5-4-6-14(3)11-12-21-24-18(26)22-19-25-23-17(27-19)15-7-9-16(20)10-8-15/h5-10,12H,4,11H2,1-3H3,(H2,22,24,25,26)/b14-6-,21-12+. The highest BCUT2D eigenvalue weighted by Crippen LogP contribution is 2.19. The number of hydrazone groups is 1. The van der Waals surface area contributed by atoms with Gasteiger partial charge in [-0.25, -0.2) is 14.6 Å². The Labute approximate surface area is 157 Å². The Kier molecular flexibility index (Phi) is 7.42. The second kappa shape index (κ2) is 10.0. The molecule has 0 aliphatic heterocycles. The topological polar surface area (TPSA) is 92.4 Å². The van der Waals surface area contributed by atoms with Crippen molar-refractivity contribution in [2.75, 3.05) is 5.32 Å². The zero-order valence-electron chi connectivity index (χ0n) is 15.5. The number of allylic oxidation sites excluding steroid dienone is 4. The zero-order chi connectivity index (χ0) is 19.6. The summed E-state index contributed by atoms with van der Waals surface area (Å²) < 4.78 is 18.2. The number of benzene rings is 1. The van der Waals surface area contributed by atoms with E-state index in [0.717, 1.165) is 12.0 Å². The van der Waals surface area contributed by atoms with E-state index in [-0.39, 0.29) is 17.7 Å². The summed E-state index contributed by atoms with van der Waals surface area (Å²) in [5, 5.41) is 13.7. The number of amides is 2. The van der Waals surface area contributed by atoms with Crippen LogP contribution in [0.5, 0.6) is 0 Å². The monoisotopic (exact) mass is 371 g/mol. The summed E-state index contributed by atoms with van der Waals surface area (Å²) in [6.45, 7) is 6.11. The van der Waals surface area contributed by atoms with Gasteiger partial charge >= 0.3 is 12.0 Å². The van der Waals surface area contributed by atoms with Crippen LogP contribution in [0.15, 0.2) is 57.1 Å². The van der Waals surface area contributed by atoms with E-state index in [2.05, 4.69) is 52.0 Å². The first-order valence-electron chi connectivity index (χ1n) is 8.41. The maximum atomic E-state index is 12.9. The molecule has 0 atom stereocenters. The normalized spacial score (nSPS) is 11.5. The van der Waals surface area contributed by atoms with Crippen LogP contribution >= 0.6 is 0 Å². The van der Waals surface area contributed by atoms with Crippen LogP contribution in [0.2, 0.25) is 0 Å². The summed E-state index contributed by atoms with van der Waals surface area (Å²) in [5.74, 6) is -0.193. The maximum absolute atomic E-state index is 12.9. The molecule has 0 aliphatic rings. The molecule has 2 N–H and O–H groups in total. The Morgan fingerprint density at radius 1 is 1.19 bits per heavy atom. The average Bonchev–Trinajstić information content (AvgIpc) is 3.07. The number of anilines is 1. The van der Waals surface area contributed by atoms with Crippen LogP contribution in [0.25, 0.3) is 11.5 Å². The molecule has 0 spiro atoms. The largest absolute Gasteiger partial charge is 0.403 e. The lowest BCUT2D eigenvalue weighted by atomic mass is 10.1. The zero-order valence-corrected chi connectivity index (χ0v) is 15.5. The van der Waals surface area contributed by atoms with Crippen LogP contribution in [0.1, 0.15) is 33.6 Å². The Hall–Kier alpha value is -3.29. The fourth-order valence-corrected chi connectivity index (χ4v) is 1.98. The molecule has 1 aromatic carbocycles. The summed E-state index contributed by atoms with van der Waals surface area (Å²) in [6.07, 6.45) is 7.35. The quantitative estimate of drug-likeness (QED) is 0.420. The van der Waals surface area contributed by atoms with Crippen molar-refractivity contribution >= 4 is 18.3 Å². The van der Waals surface area contributed by atoms with Crippen molar-refractivity contribution in [2.24, 2.45) is 5.10 Å². The number of carbonyl (C=O) groups is 1. The van der Waals surface area contributed by atoms with Crippen molar-refractivity contribution in [3.63, 3.8) is 0 Å². The Balaban J connectivity index is 1.79. The number of nitrogens with zero attached hydrogens (tertiary/aromatic N) is 3. The fraction of sp³-hybridized carbons (Fsp3) is 0.263. The Bertz CT molecular complexity index is 849. The molecule has 7 nitrogen and oxygen atoms in total. The van der Waals surface area contributed by atoms with Crippen LogP contribution in [0.3, 0.4) is 0 Å². The predicted molar refractivity (Wildman–Crippen MR) is 103 cm³/mol. The van der Waals surface area contributed by atoms with Gasteiger partial charge in [-0.3, -0.25) is 5.32 Å². The molecule has 1 heterocycles. The van der Waals surface area contributed by atoms with Gasteiger partial charge in [0.05, 0.1) is 0 Å². The minimum Gasteiger partial charge on any atom is -0.403 e. The molecule has 142 valence electrons. The van der Waals surface area contributed by atoms with E-state index in [1.165, 1.54) is 29.8 Å². The van der Waals surface area contributed by atoms with Crippen LogP contribution in [0.4, 0.5) is 15.2 Å². The molecule has 0 bridgehead atoms. The van der Waals surface area contributed by atoms with Gasteiger partial charge in [0.2, 0.25) is 5.89 Å². The third-order valence-corrected chi connectivity index (χ3v) is 3.40. The highest BCUT2D eigenvalue weighted by Gasteiger charge is 2.10. The lowest BCUT2D eigenvalue weighted by Gasteiger charge is -1.99. The van der Waals surface area contributed by atoms with Crippen LogP contribution < -0.4 is 10.7 Å². The molecule has 2 amide bonds. The van der Waals surface area contributed by atoms with Gasteiger partial charge in [-0.1, -0.05) is 28.4 Å². The van der Waals surface area contributed by atoms with E-state index in [1.807, 2.05) is 6.92 Å². The van der Waals surface area contributed by atoms with Crippen molar-refractivity contribution in [3.05, 3.63) is 53.4 Å². The SMILES string of the molecule is CC(C)=CC/C=C(/C)C/C=N/NC(=O)Nc1nnc(-c2ccc(F)cc2)o1. The van der Waals surface area contributed by atoms with Crippen molar-refractivity contribution < 1.29 is 13.6 Å². The van der Waals surface area contributed by atoms with Gasteiger partial charge in [0, 0.05) is 18.2 Å². The van der Waals surface area contributed by atoms with E-state index in [1.54, 1.807) is 6.21 Å². The molecule has 0 saturated heterocycles. The molecule has 0 aliphatic carbocycles. The molecule has 27 heavy (non-hydrogen) atoms. The van der Waals surface area contributed by atoms with E-state index in [9.17, 15) is 9.18 Å². The first-order valence-corrected chi connectivity index (χ1v) is 8.41. The highest BCUT2D eigenvalue weighted by molar-refractivity contribution is 5.87. The van der Waals surface area contributed by atoms with Crippen molar-refractivity contribution in [1.82, 2.24) is 15.6 Å². The maximum Gasteiger partial charge on any atom is 0.343 e. The number of hydrogen-bond acceptors (Lipinski definition) is 5. The molecule has 0 unspecified atom stereocenters. The van der Waals surface area contributed by atoms with Gasteiger partial charge in [0.25, 0.3) is 0 Å². The lowest BCUT2D eigenvalue weighted by molar-refractivity contribution is 0.252. The summed E-state index contributed by atoms with van der Waals surface area (Å²) in [6, 6.07) is 4.88. The second-order valence-corrected chi connectivity index (χ2v) is 6.07. The molecule has 8 heteroatoms. The van der Waals surface area contributed by atoms with E-state index in [4.69, 9.17) is 4.42 Å². The van der Waals surface area contributed by atoms with Crippen LogP contribution in [0, 0.1) is 5.82 Å². The molecule has 0 saturated carbocycles. The van der Waals surface area contributed by atoms with E-state index >= 15 is 0 Å². The van der Waals surface area contributed by atoms with Gasteiger partial charge < -0.3 is 4.42 Å². The molecule has 1 aromatic heterocycles. The number of hydrogen-bond donors (Lipinski definition) is 2. The number of urea groups is 1. The minimum absolute atomic E-state index is 0.0835. The number of carbonyl (C=O) groups excluding carboxylic acids is 1. The fourth-order valence-electron chi connectivity index (χ4n) is 1.98. The lowest BCUT2D eigenvalue weighted by Crippen LogP contribution is -2.24. The first kappa shape index (κ1) is 20.0. The minimum atomic E-state index is -0.605. The Morgan fingerprint density at radius 2 is 1.93 bits per heavy atom. The number of aromatic nitrogens is 2. The molecule has 2 rings (SSSR count). The van der Waals surface area contributed by atoms with Crippen molar-refractivity contribution in [1.29, 1.82) is 0 Å². The van der Waals surface area contributed by atoms with Crippen LogP contribution in [-0.4, -0.2) is 22.4 Å². The highest BCUT2D eigenvalue weighted by atomic mass is 19.1. The number of rotatable bonds is 7. The number of nitrogens with one attached hydrogen (secondary N) is 2. The Morgan fingerprint density at radius 3 is 2.63 bits per heavy atom. The third kappa shape index (κ3) is 7.23. The van der Waals surface area contributed by atoms with Gasteiger partial charge in [-0.2, -0.15) is 5.10 Å². The summed E-state index contributed by atoms with van der Waals surface area (Å²) in [7, 11) is 0. The van der Waals surface area contributed by atoms with Gasteiger partial charge in [-0.15, -0.1) is 5.10 Å². The smallest absolute Gasteiger partial charge is 0.343 e. The second-order valence-electron chi connectivity index (χ2n) is 6.07. The average molecular weight is 371 g/mol.